The van der Waals surface area contributed by atoms with Crippen molar-refractivity contribution in [3.8, 4) is 0 Å². The number of aliphatic hydroxyl groups excluding tert-OH is 1. The SMILES string of the molecule is O=[N+]([O-])c1ccc([C@@H](O)CN2CCN(Cc3ccccc3)CC2)cc1. The fraction of sp³-hybridized carbons (Fsp3) is 0.368. The van der Waals surface area contributed by atoms with E-state index in [1.165, 1.54) is 17.7 Å². The molecule has 1 aliphatic heterocycles. The van der Waals surface area contributed by atoms with Crippen LogP contribution in [-0.4, -0.2) is 52.6 Å². The molecule has 0 unspecified atom stereocenters. The minimum Gasteiger partial charge on any atom is -0.387 e. The molecule has 3 rings (SSSR count). The summed E-state index contributed by atoms with van der Waals surface area (Å²) in [5.74, 6) is 0. The molecule has 1 atom stereocenters. The van der Waals surface area contributed by atoms with Gasteiger partial charge >= 0.3 is 0 Å². The van der Waals surface area contributed by atoms with Crippen molar-refractivity contribution in [3.05, 3.63) is 75.8 Å². The maximum atomic E-state index is 10.7. The molecule has 0 radical (unpaired) electrons. The Balaban J connectivity index is 1.47. The number of hydrogen-bond acceptors (Lipinski definition) is 5. The molecular weight excluding hydrogens is 318 g/mol. The number of nitro groups is 1. The van der Waals surface area contributed by atoms with Crippen LogP contribution in [0.4, 0.5) is 5.69 Å². The van der Waals surface area contributed by atoms with Gasteiger partial charge in [0, 0.05) is 51.4 Å². The van der Waals surface area contributed by atoms with Gasteiger partial charge in [0.25, 0.3) is 5.69 Å². The zero-order chi connectivity index (χ0) is 17.6. The van der Waals surface area contributed by atoms with E-state index in [9.17, 15) is 15.2 Å². The fourth-order valence-electron chi connectivity index (χ4n) is 3.14. The number of non-ortho nitro benzene ring substituents is 1. The van der Waals surface area contributed by atoms with Gasteiger partial charge in [-0.25, -0.2) is 0 Å². The molecular formula is C19H23N3O3. The number of benzene rings is 2. The molecule has 0 aromatic heterocycles. The van der Waals surface area contributed by atoms with E-state index < -0.39 is 11.0 Å². The van der Waals surface area contributed by atoms with Gasteiger partial charge in [0.1, 0.15) is 0 Å². The molecule has 1 aliphatic rings. The third kappa shape index (κ3) is 4.85. The van der Waals surface area contributed by atoms with Crippen LogP contribution in [0.15, 0.2) is 54.6 Å². The van der Waals surface area contributed by atoms with Crippen LogP contribution in [0.5, 0.6) is 0 Å². The standard InChI is InChI=1S/C19H23N3O3/c23-19(17-6-8-18(9-7-17)22(24)25)15-21-12-10-20(11-13-21)14-16-4-2-1-3-5-16/h1-9,19,23H,10-15H2/t19-/m0/s1. The van der Waals surface area contributed by atoms with Crippen molar-refractivity contribution in [2.45, 2.75) is 12.6 Å². The van der Waals surface area contributed by atoms with E-state index in [1.807, 2.05) is 6.07 Å². The van der Waals surface area contributed by atoms with Crippen molar-refractivity contribution >= 4 is 5.69 Å². The lowest BCUT2D eigenvalue weighted by Gasteiger charge is -2.35. The van der Waals surface area contributed by atoms with Crippen LogP contribution in [0.2, 0.25) is 0 Å². The van der Waals surface area contributed by atoms with Crippen molar-refractivity contribution < 1.29 is 10.0 Å². The second kappa shape index (κ2) is 8.20. The highest BCUT2D eigenvalue weighted by molar-refractivity contribution is 5.33. The second-order valence-corrected chi connectivity index (χ2v) is 6.43. The summed E-state index contributed by atoms with van der Waals surface area (Å²) in [5, 5.41) is 21.1. The van der Waals surface area contributed by atoms with E-state index in [0.29, 0.717) is 6.54 Å². The molecule has 2 aromatic rings. The summed E-state index contributed by atoms with van der Waals surface area (Å²) in [5.41, 5.74) is 2.09. The average Bonchev–Trinajstić information content (AvgIpc) is 2.64. The predicted octanol–water partition coefficient (Wildman–Crippen LogP) is 2.45. The van der Waals surface area contributed by atoms with Crippen molar-refractivity contribution in [2.75, 3.05) is 32.7 Å². The van der Waals surface area contributed by atoms with Gasteiger partial charge in [-0.15, -0.1) is 0 Å². The molecule has 0 spiro atoms. The molecule has 0 bridgehead atoms. The second-order valence-electron chi connectivity index (χ2n) is 6.43. The van der Waals surface area contributed by atoms with Crippen LogP contribution < -0.4 is 0 Å². The quantitative estimate of drug-likeness (QED) is 0.645. The van der Waals surface area contributed by atoms with E-state index >= 15 is 0 Å². The zero-order valence-corrected chi connectivity index (χ0v) is 14.1. The Labute approximate surface area is 147 Å². The average molecular weight is 341 g/mol. The summed E-state index contributed by atoms with van der Waals surface area (Å²) in [6, 6.07) is 16.6. The van der Waals surface area contributed by atoms with Gasteiger partial charge in [0.2, 0.25) is 0 Å². The van der Waals surface area contributed by atoms with Gasteiger partial charge in [-0.1, -0.05) is 30.3 Å². The van der Waals surface area contributed by atoms with Crippen LogP contribution in [0.25, 0.3) is 0 Å². The lowest BCUT2D eigenvalue weighted by atomic mass is 10.1. The third-order valence-electron chi connectivity index (χ3n) is 4.63. The molecule has 0 aliphatic carbocycles. The minimum absolute atomic E-state index is 0.0467. The molecule has 1 heterocycles. The lowest BCUT2D eigenvalue weighted by molar-refractivity contribution is -0.384. The van der Waals surface area contributed by atoms with Gasteiger partial charge in [-0.2, -0.15) is 0 Å². The van der Waals surface area contributed by atoms with E-state index in [4.69, 9.17) is 0 Å². The summed E-state index contributed by atoms with van der Waals surface area (Å²) in [6.07, 6.45) is -0.624. The maximum Gasteiger partial charge on any atom is 0.269 e. The van der Waals surface area contributed by atoms with Gasteiger partial charge in [-0.05, 0) is 23.3 Å². The van der Waals surface area contributed by atoms with Crippen LogP contribution in [0.1, 0.15) is 17.2 Å². The number of aliphatic hydroxyl groups is 1. The highest BCUT2D eigenvalue weighted by Crippen LogP contribution is 2.19. The van der Waals surface area contributed by atoms with Crippen molar-refractivity contribution in [2.24, 2.45) is 0 Å². The minimum atomic E-state index is -0.624. The Hall–Kier alpha value is -2.28. The molecule has 0 amide bonds. The summed E-state index contributed by atoms with van der Waals surface area (Å²) >= 11 is 0. The summed E-state index contributed by atoms with van der Waals surface area (Å²) in [4.78, 5) is 14.9. The number of rotatable bonds is 6. The largest absolute Gasteiger partial charge is 0.387 e. The highest BCUT2D eigenvalue weighted by Gasteiger charge is 2.20. The first-order chi connectivity index (χ1) is 12.1. The number of β-amino-alcohol motifs (C(OH)–C–C–N with tert-alkyl or cyclic N) is 1. The van der Waals surface area contributed by atoms with Gasteiger partial charge < -0.3 is 5.11 Å². The predicted molar refractivity (Wildman–Crippen MR) is 96.2 cm³/mol. The van der Waals surface area contributed by atoms with Crippen molar-refractivity contribution in [1.29, 1.82) is 0 Å². The van der Waals surface area contributed by atoms with E-state index in [2.05, 4.69) is 34.1 Å². The number of piperazine rings is 1. The summed E-state index contributed by atoms with van der Waals surface area (Å²) < 4.78 is 0. The van der Waals surface area contributed by atoms with Crippen molar-refractivity contribution in [1.82, 2.24) is 9.80 Å². The maximum absolute atomic E-state index is 10.7. The number of nitro benzene ring substituents is 1. The van der Waals surface area contributed by atoms with Gasteiger partial charge in [0.05, 0.1) is 11.0 Å². The van der Waals surface area contributed by atoms with Crippen LogP contribution in [0, 0.1) is 10.1 Å². The first-order valence-corrected chi connectivity index (χ1v) is 8.53. The smallest absolute Gasteiger partial charge is 0.269 e. The van der Waals surface area contributed by atoms with Crippen LogP contribution in [-0.2, 0) is 6.54 Å². The van der Waals surface area contributed by atoms with Gasteiger partial charge in [0.15, 0.2) is 0 Å². The number of hydrogen-bond donors (Lipinski definition) is 1. The lowest BCUT2D eigenvalue weighted by Crippen LogP contribution is -2.47. The third-order valence-corrected chi connectivity index (χ3v) is 4.63. The first kappa shape index (κ1) is 17.5. The van der Waals surface area contributed by atoms with Crippen molar-refractivity contribution in [3.63, 3.8) is 0 Å². The molecule has 25 heavy (non-hydrogen) atoms. The topological polar surface area (TPSA) is 69.8 Å². The summed E-state index contributed by atoms with van der Waals surface area (Å²) in [7, 11) is 0. The molecule has 1 N–H and O–H groups in total. The van der Waals surface area contributed by atoms with E-state index in [1.54, 1.807) is 12.1 Å². The molecule has 1 fully saturated rings. The zero-order valence-electron chi connectivity index (χ0n) is 14.1. The molecule has 2 aromatic carbocycles. The normalized spacial score (nSPS) is 17.3. The molecule has 6 heteroatoms. The molecule has 6 nitrogen and oxygen atoms in total. The molecule has 132 valence electrons. The summed E-state index contributed by atoms with van der Waals surface area (Å²) in [6.45, 7) is 5.29. The van der Waals surface area contributed by atoms with Crippen LogP contribution in [0.3, 0.4) is 0 Å². The Bertz CT molecular complexity index is 683. The van der Waals surface area contributed by atoms with E-state index in [-0.39, 0.29) is 5.69 Å². The van der Waals surface area contributed by atoms with Gasteiger partial charge in [-0.3, -0.25) is 19.9 Å². The number of nitrogens with zero attached hydrogens (tertiary/aromatic N) is 3. The monoisotopic (exact) mass is 341 g/mol. The molecule has 1 saturated heterocycles. The Morgan fingerprint density at radius 1 is 0.960 bits per heavy atom. The molecule has 0 saturated carbocycles. The fourth-order valence-corrected chi connectivity index (χ4v) is 3.14. The van der Waals surface area contributed by atoms with Crippen LogP contribution >= 0.6 is 0 Å². The Kier molecular flexibility index (Phi) is 5.75. The highest BCUT2D eigenvalue weighted by atomic mass is 16.6. The Morgan fingerprint density at radius 2 is 1.56 bits per heavy atom. The Morgan fingerprint density at radius 3 is 2.16 bits per heavy atom. The first-order valence-electron chi connectivity index (χ1n) is 8.53. The van der Waals surface area contributed by atoms with E-state index in [0.717, 1.165) is 38.3 Å².